The minimum Gasteiger partial charge on any atom is -0.456 e. The van der Waals surface area contributed by atoms with Crippen LogP contribution in [-0.2, 0) is 0 Å². The number of furan rings is 1. The Bertz CT molecular complexity index is 3510. The predicted octanol–water partition coefficient (Wildman–Crippen LogP) is 16.3. The van der Waals surface area contributed by atoms with Gasteiger partial charge in [0.1, 0.15) is 11.2 Å². The van der Waals surface area contributed by atoms with E-state index in [9.17, 15) is 0 Å². The molecule has 12 rings (SSSR count). The minimum absolute atomic E-state index is 0.219. The summed E-state index contributed by atoms with van der Waals surface area (Å²) >= 11 is 1.91. The van der Waals surface area contributed by atoms with Crippen molar-refractivity contribution in [3.8, 4) is 22.3 Å². The van der Waals surface area contributed by atoms with Crippen LogP contribution in [0.5, 0.6) is 0 Å². The minimum atomic E-state index is 0.219. The Kier molecular flexibility index (Phi) is 7.36. The van der Waals surface area contributed by atoms with Gasteiger partial charge in [-0.15, -0.1) is 11.8 Å². The summed E-state index contributed by atoms with van der Waals surface area (Å²) in [5.74, 6) is 0. The van der Waals surface area contributed by atoms with E-state index in [0.29, 0.717) is 0 Å². The third kappa shape index (κ3) is 5.12. The monoisotopic (exact) mass is 756 g/mol. The first kappa shape index (κ1) is 33.3. The summed E-state index contributed by atoms with van der Waals surface area (Å²) in [5, 5.41) is 15.0. The van der Waals surface area contributed by atoms with Gasteiger partial charge in [0.2, 0.25) is 0 Å². The van der Waals surface area contributed by atoms with E-state index in [-0.39, 0.29) is 5.25 Å². The van der Waals surface area contributed by atoms with Crippen molar-refractivity contribution in [2.45, 2.75) is 16.6 Å². The predicted molar refractivity (Wildman–Crippen MR) is 251 cm³/mol. The lowest BCUT2D eigenvalue weighted by molar-refractivity contribution is 0.669. The first-order chi connectivity index (χ1) is 28.6. The SMILES string of the molecule is C=C(CC1Sc2ccc3cc4c(cc3c2C1=C)oc1ccccc14)c1ccc2cc(-c3c4ccccc4c(-c4ccc5ccccc5c4)c4ccccc34)ccc2c1. The Morgan fingerprint density at radius 1 is 0.448 bits per heavy atom. The van der Waals surface area contributed by atoms with Crippen LogP contribution in [0.3, 0.4) is 0 Å². The van der Waals surface area contributed by atoms with E-state index >= 15 is 0 Å². The summed E-state index contributed by atoms with van der Waals surface area (Å²) in [7, 11) is 0. The Labute approximate surface area is 340 Å². The molecule has 1 aliphatic rings. The summed E-state index contributed by atoms with van der Waals surface area (Å²) in [6.45, 7) is 9.30. The summed E-state index contributed by atoms with van der Waals surface area (Å²) in [6.07, 6.45) is 0.831. The fraction of sp³-hybridized carbons (Fsp3) is 0.0357. The molecule has 1 atom stereocenters. The molecular weight excluding hydrogens is 721 g/mol. The number of fused-ring (bicyclic) bond motifs is 10. The van der Waals surface area contributed by atoms with Gasteiger partial charge in [-0.25, -0.2) is 0 Å². The number of hydrogen-bond donors (Lipinski definition) is 0. The van der Waals surface area contributed by atoms with Gasteiger partial charge < -0.3 is 4.42 Å². The third-order valence-electron chi connectivity index (χ3n) is 12.4. The first-order valence-electron chi connectivity index (χ1n) is 19.9. The van der Waals surface area contributed by atoms with Crippen molar-refractivity contribution in [2.75, 3.05) is 0 Å². The molecule has 58 heavy (non-hydrogen) atoms. The summed E-state index contributed by atoms with van der Waals surface area (Å²) < 4.78 is 6.29. The first-order valence-corrected chi connectivity index (χ1v) is 20.8. The van der Waals surface area contributed by atoms with Gasteiger partial charge in [-0.2, -0.15) is 0 Å². The second-order valence-corrected chi connectivity index (χ2v) is 17.0. The Hall–Kier alpha value is -6.87. The highest BCUT2D eigenvalue weighted by molar-refractivity contribution is 8.01. The molecule has 1 unspecified atom stereocenters. The van der Waals surface area contributed by atoms with Gasteiger partial charge in [-0.1, -0.05) is 147 Å². The fourth-order valence-electron chi connectivity index (χ4n) is 9.56. The smallest absolute Gasteiger partial charge is 0.136 e. The Balaban J connectivity index is 0.878. The molecule has 0 radical (unpaired) electrons. The molecule has 0 saturated carbocycles. The molecule has 0 saturated heterocycles. The second-order valence-electron chi connectivity index (χ2n) is 15.7. The average molecular weight is 757 g/mol. The highest BCUT2D eigenvalue weighted by Gasteiger charge is 2.29. The number of allylic oxidation sites excluding steroid dienone is 1. The number of thioether (sulfide) groups is 1. The quantitative estimate of drug-likeness (QED) is 0.162. The van der Waals surface area contributed by atoms with E-state index in [1.54, 1.807) is 0 Å². The van der Waals surface area contributed by atoms with Crippen molar-refractivity contribution in [2.24, 2.45) is 0 Å². The highest BCUT2D eigenvalue weighted by atomic mass is 32.2. The van der Waals surface area contributed by atoms with Gasteiger partial charge in [0.15, 0.2) is 0 Å². The molecule has 10 aromatic carbocycles. The number of benzene rings is 10. The van der Waals surface area contributed by atoms with Crippen molar-refractivity contribution in [3.63, 3.8) is 0 Å². The molecule has 2 heteroatoms. The summed E-state index contributed by atoms with van der Waals surface area (Å²) in [4.78, 5) is 1.28. The van der Waals surface area contributed by atoms with Crippen LogP contribution in [0, 0.1) is 0 Å². The van der Waals surface area contributed by atoms with Crippen LogP contribution in [0.15, 0.2) is 198 Å². The zero-order chi connectivity index (χ0) is 38.5. The molecule has 0 fully saturated rings. The van der Waals surface area contributed by atoms with Gasteiger partial charge >= 0.3 is 0 Å². The van der Waals surface area contributed by atoms with Gasteiger partial charge in [0.05, 0.1) is 0 Å². The van der Waals surface area contributed by atoms with Crippen LogP contribution in [0.2, 0.25) is 0 Å². The van der Waals surface area contributed by atoms with E-state index in [1.165, 1.54) is 97.7 Å². The molecule has 0 N–H and O–H groups in total. The molecule has 11 aromatic rings. The zero-order valence-corrected chi connectivity index (χ0v) is 32.6. The van der Waals surface area contributed by atoms with Crippen molar-refractivity contribution >= 4 is 98.7 Å². The molecule has 0 bridgehead atoms. The molecule has 1 nitrogen and oxygen atoms in total. The second kappa shape index (κ2) is 12.8. The molecule has 0 amide bonds. The molecule has 2 heterocycles. The third-order valence-corrected chi connectivity index (χ3v) is 13.7. The molecule has 1 aliphatic heterocycles. The lowest BCUT2D eigenvalue weighted by atomic mass is 9.85. The van der Waals surface area contributed by atoms with Crippen LogP contribution in [0.1, 0.15) is 17.5 Å². The topological polar surface area (TPSA) is 13.1 Å². The van der Waals surface area contributed by atoms with E-state index in [4.69, 9.17) is 4.42 Å². The normalized spacial score (nSPS) is 14.1. The van der Waals surface area contributed by atoms with Crippen molar-refractivity contribution in [1.29, 1.82) is 0 Å². The number of hydrogen-bond acceptors (Lipinski definition) is 2. The van der Waals surface area contributed by atoms with Crippen molar-refractivity contribution in [1.82, 2.24) is 0 Å². The molecular formula is C56H36OS. The Morgan fingerprint density at radius 2 is 1.00 bits per heavy atom. The van der Waals surface area contributed by atoms with Crippen LogP contribution < -0.4 is 0 Å². The highest BCUT2D eigenvalue weighted by Crippen LogP contribution is 2.51. The van der Waals surface area contributed by atoms with Crippen molar-refractivity contribution in [3.05, 3.63) is 200 Å². The lowest BCUT2D eigenvalue weighted by Crippen LogP contribution is -2.00. The average Bonchev–Trinajstić information content (AvgIpc) is 3.79. The maximum absolute atomic E-state index is 6.29. The van der Waals surface area contributed by atoms with Gasteiger partial charge in [-0.05, 0) is 147 Å². The molecule has 0 spiro atoms. The van der Waals surface area contributed by atoms with E-state index in [0.717, 1.165) is 33.9 Å². The van der Waals surface area contributed by atoms with Gasteiger partial charge in [-0.3, -0.25) is 0 Å². The van der Waals surface area contributed by atoms with Crippen LogP contribution in [0.25, 0.3) is 109 Å². The number of para-hydroxylation sites is 1. The fourth-order valence-corrected chi connectivity index (χ4v) is 10.9. The largest absolute Gasteiger partial charge is 0.456 e. The van der Waals surface area contributed by atoms with Crippen molar-refractivity contribution < 1.29 is 4.42 Å². The van der Waals surface area contributed by atoms with Gasteiger partial charge in [0.25, 0.3) is 0 Å². The molecule has 1 aromatic heterocycles. The van der Waals surface area contributed by atoms with Crippen LogP contribution in [-0.4, -0.2) is 5.25 Å². The van der Waals surface area contributed by atoms with Crippen LogP contribution in [0.4, 0.5) is 0 Å². The molecule has 0 aliphatic carbocycles. The number of rotatable bonds is 5. The summed E-state index contributed by atoms with van der Waals surface area (Å²) in [5.41, 5.74) is 11.6. The van der Waals surface area contributed by atoms with E-state index < -0.39 is 0 Å². The zero-order valence-electron chi connectivity index (χ0n) is 31.8. The maximum atomic E-state index is 6.29. The maximum Gasteiger partial charge on any atom is 0.136 e. The standard InChI is InChI=1S/C56H36OS/c1-33(27-53-34(2)54-48-32-51-49(31-40(48)25-26-52(54)58-53)43-13-9-10-18-50(43)57-51)36-20-21-39-30-42(24-22-38(39)28-36)56-46-16-7-5-14-44(46)55(45-15-6-8-17-47(45)56)41-23-19-35-11-3-4-12-37(35)29-41/h3-26,28-32,53H,1-2,27H2. The lowest BCUT2D eigenvalue weighted by Gasteiger charge is -2.18. The van der Waals surface area contributed by atoms with Gasteiger partial charge in [0, 0.05) is 20.9 Å². The molecule has 272 valence electrons. The Morgan fingerprint density at radius 3 is 1.71 bits per heavy atom. The summed E-state index contributed by atoms with van der Waals surface area (Å²) in [6, 6.07) is 64.3. The van der Waals surface area contributed by atoms with Crippen LogP contribution >= 0.6 is 11.8 Å². The van der Waals surface area contributed by atoms with E-state index in [2.05, 4.69) is 177 Å². The van der Waals surface area contributed by atoms with E-state index in [1.807, 2.05) is 23.9 Å².